The lowest BCUT2D eigenvalue weighted by atomic mass is 10.2. The number of nitrogens with one attached hydrogen (secondary N) is 2. The van der Waals surface area contributed by atoms with Crippen LogP contribution in [0.25, 0.3) is 0 Å². The number of benzene rings is 2. The van der Waals surface area contributed by atoms with Crippen LogP contribution in [0.2, 0.25) is 5.02 Å². The van der Waals surface area contributed by atoms with E-state index in [2.05, 4.69) is 10.6 Å². The largest absolute Gasteiger partial charge is 0.359 e. The number of carbonyl (C=O) groups is 2. The number of nitrogens with zero attached hydrogens (tertiary/aromatic N) is 1. The molecule has 2 amide bonds. The van der Waals surface area contributed by atoms with Gasteiger partial charge >= 0.3 is 0 Å². The van der Waals surface area contributed by atoms with E-state index in [0.29, 0.717) is 29.4 Å². The summed E-state index contributed by atoms with van der Waals surface area (Å²) in [7, 11) is 0. The molecule has 0 bridgehead atoms. The SMILES string of the molecule is O=C1CN(c2ccc(NC(=O)c3ccccc3)cc2Cl)CCN1. The van der Waals surface area contributed by atoms with E-state index in [-0.39, 0.29) is 18.4 Å². The lowest BCUT2D eigenvalue weighted by Crippen LogP contribution is -2.47. The molecule has 2 N–H and O–H groups in total. The Morgan fingerprint density at radius 1 is 1.17 bits per heavy atom. The Balaban J connectivity index is 1.74. The molecule has 1 aliphatic heterocycles. The second-order valence-corrected chi connectivity index (χ2v) is 5.67. The molecule has 1 heterocycles. The standard InChI is InChI=1S/C17H16ClN3O2/c18-14-10-13(20-17(23)12-4-2-1-3-5-12)6-7-15(14)21-9-8-19-16(22)11-21/h1-7,10H,8-9,11H2,(H,19,22)(H,20,23). The van der Waals surface area contributed by atoms with Gasteiger partial charge in [-0.25, -0.2) is 0 Å². The van der Waals surface area contributed by atoms with Crippen molar-refractivity contribution in [1.29, 1.82) is 0 Å². The number of piperazine rings is 1. The lowest BCUT2D eigenvalue weighted by Gasteiger charge is -2.29. The normalized spacial score (nSPS) is 14.3. The minimum absolute atomic E-state index is 0.0197. The minimum Gasteiger partial charge on any atom is -0.359 e. The molecule has 5 nitrogen and oxygen atoms in total. The van der Waals surface area contributed by atoms with Gasteiger partial charge in [-0.2, -0.15) is 0 Å². The molecule has 0 saturated carbocycles. The average Bonchev–Trinajstić information content (AvgIpc) is 2.56. The third-order valence-electron chi connectivity index (χ3n) is 3.62. The first-order valence-corrected chi connectivity index (χ1v) is 7.69. The summed E-state index contributed by atoms with van der Waals surface area (Å²) in [6.07, 6.45) is 0. The highest BCUT2D eigenvalue weighted by atomic mass is 35.5. The van der Waals surface area contributed by atoms with E-state index in [9.17, 15) is 9.59 Å². The molecule has 1 aliphatic rings. The highest BCUT2D eigenvalue weighted by Crippen LogP contribution is 2.29. The van der Waals surface area contributed by atoms with Crippen LogP contribution in [-0.2, 0) is 4.79 Å². The first-order valence-electron chi connectivity index (χ1n) is 7.31. The molecular formula is C17H16ClN3O2. The summed E-state index contributed by atoms with van der Waals surface area (Å²) in [5.41, 5.74) is 1.99. The van der Waals surface area contributed by atoms with Crippen molar-refractivity contribution in [2.75, 3.05) is 29.9 Å². The number of hydrogen-bond donors (Lipinski definition) is 2. The molecule has 118 valence electrons. The molecule has 0 aromatic heterocycles. The molecule has 23 heavy (non-hydrogen) atoms. The van der Waals surface area contributed by atoms with Gasteiger partial charge in [0.1, 0.15) is 0 Å². The number of amides is 2. The van der Waals surface area contributed by atoms with E-state index in [4.69, 9.17) is 11.6 Å². The summed E-state index contributed by atoms with van der Waals surface area (Å²) in [5, 5.41) is 6.10. The Morgan fingerprint density at radius 3 is 2.65 bits per heavy atom. The van der Waals surface area contributed by atoms with Gasteiger partial charge in [-0.3, -0.25) is 9.59 Å². The van der Waals surface area contributed by atoms with Gasteiger partial charge in [0.15, 0.2) is 0 Å². The zero-order chi connectivity index (χ0) is 16.2. The molecule has 0 radical (unpaired) electrons. The van der Waals surface area contributed by atoms with Crippen LogP contribution >= 0.6 is 11.6 Å². The van der Waals surface area contributed by atoms with Gasteiger partial charge in [0.2, 0.25) is 5.91 Å². The monoisotopic (exact) mass is 329 g/mol. The molecule has 2 aromatic rings. The number of anilines is 2. The zero-order valence-electron chi connectivity index (χ0n) is 12.4. The summed E-state index contributed by atoms with van der Waals surface area (Å²) in [6.45, 7) is 1.60. The van der Waals surface area contributed by atoms with E-state index in [1.807, 2.05) is 29.2 Å². The van der Waals surface area contributed by atoms with Crippen molar-refractivity contribution >= 4 is 34.8 Å². The summed E-state index contributed by atoms with van der Waals surface area (Å²) < 4.78 is 0. The van der Waals surface area contributed by atoms with Gasteiger partial charge in [0, 0.05) is 24.3 Å². The summed E-state index contributed by atoms with van der Waals surface area (Å²) >= 11 is 6.32. The average molecular weight is 330 g/mol. The predicted octanol–water partition coefficient (Wildman–Crippen LogP) is 2.53. The maximum Gasteiger partial charge on any atom is 0.255 e. The molecular weight excluding hydrogens is 314 g/mol. The first kappa shape index (κ1) is 15.4. The molecule has 1 saturated heterocycles. The van der Waals surface area contributed by atoms with Crippen LogP contribution < -0.4 is 15.5 Å². The third-order valence-corrected chi connectivity index (χ3v) is 3.92. The maximum atomic E-state index is 12.1. The predicted molar refractivity (Wildman–Crippen MR) is 91.1 cm³/mol. The van der Waals surface area contributed by atoms with Crippen LogP contribution in [0.3, 0.4) is 0 Å². The van der Waals surface area contributed by atoms with Crippen molar-refractivity contribution in [3.8, 4) is 0 Å². The Kier molecular flexibility index (Phi) is 4.48. The van der Waals surface area contributed by atoms with Gasteiger partial charge in [-0.1, -0.05) is 29.8 Å². The topological polar surface area (TPSA) is 61.4 Å². The molecule has 0 unspecified atom stereocenters. The first-order chi connectivity index (χ1) is 11.1. The van der Waals surface area contributed by atoms with Crippen LogP contribution in [0.5, 0.6) is 0 Å². The fraction of sp³-hybridized carbons (Fsp3) is 0.176. The zero-order valence-corrected chi connectivity index (χ0v) is 13.1. The van der Waals surface area contributed by atoms with Crippen LogP contribution in [-0.4, -0.2) is 31.4 Å². The summed E-state index contributed by atoms with van der Waals surface area (Å²) in [6, 6.07) is 14.3. The Hall–Kier alpha value is -2.53. The van der Waals surface area contributed by atoms with E-state index in [1.165, 1.54) is 0 Å². The van der Waals surface area contributed by atoms with E-state index < -0.39 is 0 Å². The number of hydrogen-bond acceptors (Lipinski definition) is 3. The number of carbonyl (C=O) groups excluding carboxylic acids is 2. The third kappa shape index (κ3) is 3.63. The molecule has 1 fully saturated rings. The van der Waals surface area contributed by atoms with Crippen LogP contribution in [0, 0.1) is 0 Å². The van der Waals surface area contributed by atoms with Crippen LogP contribution in [0.15, 0.2) is 48.5 Å². The summed E-state index contributed by atoms with van der Waals surface area (Å²) in [4.78, 5) is 25.5. The summed E-state index contributed by atoms with van der Waals surface area (Å²) in [5.74, 6) is -0.208. The van der Waals surface area contributed by atoms with Gasteiger partial charge in [-0.15, -0.1) is 0 Å². The van der Waals surface area contributed by atoms with Crippen molar-refractivity contribution in [2.45, 2.75) is 0 Å². The quantitative estimate of drug-likeness (QED) is 0.909. The van der Waals surface area contributed by atoms with Crippen LogP contribution in [0.1, 0.15) is 10.4 Å². The van der Waals surface area contributed by atoms with Gasteiger partial charge < -0.3 is 15.5 Å². The molecule has 3 rings (SSSR count). The minimum atomic E-state index is -0.188. The fourth-order valence-corrected chi connectivity index (χ4v) is 2.78. The van der Waals surface area contributed by atoms with Gasteiger partial charge in [0.05, 0.1) is 17.3 Å². The molecule has 0 atom stereocenters. The van der Waals surface area contributed by atoms with Crippen molar-refractivity contribution in [3.63, 3.8) is 0 Å². The smallest absolute Gasteiger partial charge is 0.255 e. The van der Waals surface area contributed by atoms with E-state index >= 15 is 0 Å². The molecule has 0 spiro atoms. The molecule has 6 heteroatoms. The highest BCUT2D eigenvalue weighted by Gasteiger charge is 2.18. The van der Waals surface area contributed by atoms with E-state index in [1.54, 1.807) is 24.3 Å². The Labute approximate surface area is 139 Å². The lowest BCUT2D eigenvalue weighted by molar-refractivity contribution is -0.120. The van der Waals surface area contributed by atoms with Crippen molar-refractivity contribution in [3.05, 3.63) is 59.1 Å². The van der Waals surface area contributed by atoms with Crippen molar-refractivity contribution < 1.29 is 9.59 Å². The second kappa shape index (κ2) is 6.71. The highest BCUT2D eigenvalue weighted by molar-refractivity contribution is 6.33. The van der Waals surface area contributed by atoms with Crippen molar-refractivity contribution in [1.82, 2.24) is 5.32 Å². The molecule has 0 aliphatic carbocycles. The Bertz CT molecular complexity index is 734. The fourth-order valence-electron chi connectivity index (χ4n) is 2.48. The number of rotatable bonds is 3. The van der Waals surface area contributed by atoms with Crippen molar-refractivity contribution in [2.24, 2.45) is 0 Å². The van der Waals surface area contributed by atoms with Crippen LogP contribution in [0.4, 0.5) is 11.4 Å². The maximum absolute atomic E-state index is 12.1. The second-order valence-electron chi connectivity index (χ2n) is 5.26. The Morgan fingerprint density at radius 2 is 1.96 bits per heavy atom. The molecule has 2 aromatic carbocycles. The van der Waals surface area contributed by atoms with Gasteiger partial charge in [-0.05, 0) is 30.3 Å². The number of halogens is 1. The van der Waals surface area contributed by atoms with E-state index in [0.717, 1.165) is 5.69 Å². The van der Waals surface area contributed by atoms with Gasteiger partial charge in [0.25, 0.3) is 5.91 Å².